The van der Waals surface area contributed by atoms with Crippen LogP contribution in [-0.2, 0) is 26.7 Å². The van der Waals surface area contributed by atoms with Crippen LogP contribution >= 0.6 is 0 Å². The second-order valence-electron chi connectivity index (χ2n) is 7.63. The second kappa shape index (κ2) is 8.61. The highest BCUT2D eigenvalue weighted by atomic mass is 19.4. The molecular weight excluding hydrogens is 399 g/mol. The Labute approximate surface area is 172 Å². The van der Waals surface area contributed by atoms with E-state index in [0.717, 1.165) is 5.56 Å². The summed E-state index contributed by atoms with van der Waals surface area (Å²) in [5, 5.41) is 13.9. The first-order chi connectivity index (χ1) is 13.8. The summed E-state index contributed by atoms with van der Waals surface area (Å²) in [6.45, 7) is 6.85. The van der Waals surface area contributed by atoms with Gasteiger partial charge in [-0.15, -0.1) is 0 Å². The number of allylic oxidation sites excluding steroid dienone is 1. The molecule has 0 saturated carbocycles. The Balaban J connectivity index is 2.47. The van der Waals surface area contributed by atoms with Crippen LogP contribution in [0.3, 0.4) is 0 Å². The number of aryl methyl sites for hydroxylation is 2. The first kappa shape index (κ1) is 23.0. The quantitative estimate of drug-likeness (QED) is 0.308. The predicted molar refractivity (Wildman–Crippen MR) is 104 cm³/mol. The third-order valence-electron chi connectivity index (χ3n) is 4.24. The number of ether oxygens (including phenoxy) is 2. The minimum Gasteiger partial charge on any atom is -0.454 e. The fourth-order valence-electron chi connectivity index (χ4n) is 2.70. The molecule has 0 bridgehead atoms. The highest BCUT2D eigenvalue weighted by molar-refractivity contribution is 5.94. The molecule has 0 saturated heterocycles. The molecule has 1 heterocycles. The number of rotatable bonds is 5. The molecule has 0 aliphatic carbocycles. The van der Waals surface area contributed by atoms with E-state index in [1.165, 1.54) is 4.68 Å². The first-order valence-corrected chi connectivity index (χ1v) is 8.97. The molecule has 160 valence electrons. The smallest absolute Gasteiger partial charge is 0.454 e. The van der Waals surface area contributed by atoms with Crippen molar-refractivity contribution in [1.29, 1.82) is 5.26 Å². The maximum absolute atomic E-state index is 12.4. The molecule has 0 amide bonds. The van der Waals surface area contributed by atoms with Crippen LogP contribution in [-0.4, -0.2) is 28.7 Å². The fraction of sp³-hybridized carbons (Fsp3) is 0.381. The normalized spacial score (nSPS) is 12.8. The number of alkyl halides is 3. The van der Waals surface area contributed by atoms with Gasteiger partial charge < -0.3 is 9.47 Å². The Morgan fingerprint density at radius 1 is 1.17 bits per heavy atom. The Morgan fingerprint density at radius 2 is 1.77 bits per heavy atom. The van der Waals surface area contributed by atoms with Crippen LogP contribution in [0.5, 0.6) is 0 Å². The lowest BCUT2D eigenvalue weighted by Crippen LogP contribution is -2.26. The van der Waals surface area contributed by atoms with Crippen molar-refractivity contribution >= 4 is 17.3 Å². The zero-order valence-electron chi connectivity index (χ0n) is 17.3. The number of carbonyl (C=O) groups is 1. The molecule has 0 spiro atoms. The van der Waals surface area contributed by atoms with Gasteiger partial charge in [-0.25, -0.2) is 4.79 Å². The van der Waals surface area contributed by atoms with Crippen LogP contribution in [0.1, 0.15) is 43.3 Å². The lowest BCUT2D eigenvalue weighted by molar-refractivity contribution is -0.206. The third kappa shape index (κ3) is 5.41. The summed E-state index contributed by atoms with van der Waals surface area (Å²) in [6.07, 6.45) is -5.14. The fourth-order valence-corrected chi connectivity index (χ4v) is 2.70. The van der Waals surface area contributed by atoms with E-state index < -0.39 is 18.9 Å². The van der Waals surface area contributed by atoms with Crippen LogP contribution < -0.4 is 0 Å². The van der Waals surface area contributed by atoms with Crippen LogP contribution in [0.15, 0.2) is 30.3 Å². The zero-order valence-corrected chi connectivity index (χ0v) is 17.3. The van der Waals surface area contributed by atoms with E-state index in [1.54, 1.807) is 32.2 Å². The standard InChI is InChI=1S/C21H22F3N3O3/c1-13-10-17(27(5)26-13)18(29-12-30-19(28)21(22,23)24)16(11-25)14-6-8-15(9-7-14)20(2,3)4/h6-10H,12H2,1-5H3/b18-16-. The van der Waals surface area contributed by atoms with Gasteiger partial charge in [0.15, 0.2) is 5.76 Å². The number of nitrogens with zero attached hydrogens (tertiary/aromatic N) is 3. The molecule has 6 nitrogen and oxygen atoms in total. The van der Waals surface area contributed by atoms with E-state index in [0.29, 0.717) is 17.0 Å². The predicted octanol–water partition coefficient (Wildman–Crippen LogP) is 4.50. The van der Waals surface area contributed by atoms with Gasteiger partial charge in [-0.1, -0.05) is 45.0 Å². The summed E-state index contributed by atoms with van der Waals surface area (Å²) in [6, 6.07) is 10.8. The minimum atomic E-state index is -5.14. The summed E-state index contributed by atoms with van der Waals surface area (Å²) in [5.41, 5.74) is 2.48. The summed E-state index contributed by atoms with van der Waals surface area (Å²) in [5.74, 6) is -2.42. The SMILES string of the molecule is Cc1cc(/C(OCOC(=O)C(F)(F)F)=C(\C#N)c2ccc(C(C)(C)C)cc2)n(C)n1. The Hall–Kier alpha value is -3.28. The van der Waals surface area contributed by atoms with E-state index in [2.05, 4.69) is 9.84 Å². The molecule has 0 unspecified atom stereocenters. The highest BCUT2D eigenvalue weighted by Gasteiger charge is 2.41. The monoisotopic (exact) mass is 421 g/mol. The molecule has 1 aromatic carbocycles. The maximum Gasteiger partial charge on any atom is 0.491 e. The van der Waals surface area contributed by atoms with Crippen LogP contribution in [0.4, 0.5) is 13.2 Å². The number of hydrogen-bond acceptors (Lipinski definition) is 5. The van der Waals surface area contributed by atoms with Gasteiger partial charge in [0, 0.05) is 7.05 Å². The van der Waals surface area contributed by atoms with Crippen LogP contribution in [0.2, 0.25) is 0 Å². The molecular formula is C21H22F3N3O3. The number of halogens is 3. The Bertz CT molecular complexity index is 992. The van der Waals surface area contributed by atoms with Gasteiger partial charge in [0.25, 0.3) is 0 Å². The minimum absolute atomic E-state index is 0.0425. The largest absolute Gasteiger partial charge is 0.491 e. The molecule has 0 atom stereocenters. The summed E-state index contributed by atoms with van der Waals surface area (Å²) >= 11 is 0. The molecule has 1 aromatic heterocycles. The van der Waals surface area contributed by atoms with Gasteiger partial charge >= 0.3 is 12.1 Å². The number of nitriles is 1. The van der Waals surface area contributed by atoms with Crippen molar-refractivity contribution in [2.24, 2.45) is 7.05 Å². The van der Waals surface area contributed by atoms with Crippen molar-refractivity contribution < 1.29 is 27.4 Å². The lowest BCUT2D eigenvalue weighted by Gasteiger charge is -2.19. The summed E-state index contributed by atoms with van der Waals surface area (Å²) in [4.78, 5) is 11.0. The maximum atomic E-state index is 12.4. The summed E-state index contributed by atoms with van der Waals surface area (Å²) in [7, 11) is 1.60. The number of carbonyl (C=O) groups excluding carboxylic acids is 1. The van der Waals surface area contributed by atoms with E-state index >= 15 is 0 Å². The Kier molecular flexibility index (Phi) is 6.60. The van der Waals surface area contributed by atoms with Gasteiger partial charge in [-0.3, -0.25) is 4.68 Å². The number of benzene rings is 1. The van der Waals surface area contributed by atoms with E-state index in [4.69, 9.17) is 4.74 Å². The Morgan fingerprint density at radius 3 is 2.20 bits per heavy atom. The van der Waals surface area contributed by atoms with E-state index in [-0.39, 0.29) is 16.7 Å². The van der Waals surface area contributed by atoms with E-state index in [1.807, 2.05) is 39.0 Å². The molecule has 0 radical (unpaired) electrons. The number of aromatic nitrogens is 2. The van der Waals surface area contributed by atoms with Gasteiger partial charge in [0.05, 0.1) is 5.69 Å². The van der Waals surface area contributed by atoms with Crippen molar-refractivity contribution in [3.05, 3.63) is 52.8 Å². The van der Waals surface area contributed by atoms with Crippen molar-refractivity contribution in [3.8, 4) is 6.07 Å². The molecule has 2 aromatic rings. The van der Waals surface area contributed by atoms with Gasteiger partial charge in [0.1, 0.15) is 17.3 Å². The highest BCUT2D eigenvalue weighted by Crippen LogP contribution is 2.30. The number of esters is 1. The average molecular weight is 421 g/mol. The molecule has 0 fully saturated rings. The summed E-state index contributed by atoms with van der Waals surface area (Å²) < 4.78 is 48.1. The van der Waals surface area contributed by atoms with Gasteiger partial charge in [-0.05, 0) is 29.5 Å². The first-order valence-electron chi connectivity index (χ1n) is 8.97. The zero-order chi connectivity index (χ0) is 22.7. The van der Waals surface area contributed by atoms with Gasteiger partial charge in [-0.2, -0.15) is 23.5 Å². The topological polar surface area (TPSA) is 77.1 Å². The molecule has 9 heteroatoms. The number of hydrogen-bond donors (Lipinski definition) is 0. The molecule has 0 aliphatic heterocycles. The molecule has 30 heavy (non-hydrogen) atoms. The molecule has 2 rings (SSSR count). The molecule has 0 N–H and O–H groups in total. The van der Waals surface area contributed by atoms with Crippen molar-refractivity contribution in [2.75, 3.05) is 6.79 Å². The van der Waals surface area contributed by atoms with E-state index in [9.17, 15) is 23.2 Å². The second-order valence-corrected chi connectivity index (χ2v) is 7.63. The van der Waals surface area contributed by atoms with Crippen molar-refractivity contribution in [2.45, 2.75) is 39.3 Å². The molecule has 0 aliphatic rings. The van der Waals surface area contributed by atoms with Gasteiger partial charge in [0.2, 0.25) is 6.79 Å². The lowest BCUT2D eigenvalue weighted by atomic mass is 9.86. The van der Waals surface area contributed by atoms with Crippen LogP contribution in [0, 0.1) is 18.3 Å². The average Bonchev–Trinajstić information content (AvgIpc) is 2.97. The van der Waals surface area contributed by atoms with Crippen molar-refractivity contribution in [1.82, 2.24) is 9.78 Å². The van der Waals surface area contributed by atoms with Crippen molar-refractivity contribution in [3.63, 3.8) is 0 Å². The van der Waals surface area contributed by atoms with Crippen LogP contribution in [0.25, 0.3) is 11.3 Å². The third-order valence-corrected chi connectivity index (χ3v) is 4.24.